The van der Waals surface area contributed by atoms with E-state index in [1.807, 2.05) is 36.4 Å². The van der Waals surface area contributed by atoms with Crippen molar-refractivity contribution in [1.29, 1.82) is 0 Å². The average Bonchev–Trinajstić information content (AvgIpc) is 0.902. The number of nitrogens with zero attached hydrogens (tertiary/aromatic N) is 3. The van der Waals surface area contributed by atoms with Crippen LogP contribution in [0.25, 0.3) is 94.3 Å². The molecule has 13 aromatic carbocycles. The zero-order valence-electron chi connectivity index (χ0n) is 52.7. The van der Waals surface area contributed by atoms with Crippen molar-refractivity contribution in [2.75, 3.05) is 9.80 Å². The smallest absolute Gasteiger partial charge is 0.252 e. The minimum atomic E-state index is -0.536. The molecule has 88 heavy (non-hydrogen) atoms. The Morgan fingerprint density at radius 3 is 1.19 bits per heavy atom. The van der Waals surface area contributed by atoms with Crippen LogP contribution in [0.2, 0.25) is 0 Å². The predicted molar refractivity (Wildman–Crippen MR) is 366 cm³/mol. The van der Waals surface area contributed by atoms with Crippen molar-refractivity contribution >= 4 is 79.0 Å². The highest BCUT2D eigenvalue weighted by Crippen LogP contribution is 2.54. The summed E-state index contributed by atoms with van der Waals surface area (Å²) >= 11 is 0. The van der Waals surface area contributed by atoms with E-state index in [1.165, 1.54) is 12.1 Å². The number of fused-ring (bicyclic) bond motifs is 7. The number of rotatable bonds is 9. The lowest BCUT2D eigenvalue weighted by molar-refractivity contribution is 0.591. The lowest BCUT2D eigenvalue weighted by atomic mass is 9.33. The summed E-state index contributed by atoms with van der Waals surface area (Å²) in [5, 5.41) is 1.14. The Morgan fingerprint density at radius 2 is 0.761 bits per heavy atom. The summed E-state index contributed by atoms with van der Waals surface area (Å²) in [5.41, 5.74) is 21.4. The molecule has 6 heteroatoms. The standard InChI is InChI=1S/C82H58BF2N3/c1-82(2,3)61-42-45-74-70(50-61)69-34-16-17-39-73(69)86(74)64-51-77-79-78(52-64)88(81-67(55-26-12-6-13-27-55)37-21-38-68(81)56-28-14-7-15-29-56)76-44-41-60(58-31-19-33-63(85)47-58)49-72(76)83(79)71-48-59(57-30-18-32-62(84)46-57)40-43-75(71)87(77)80-65(53-22-8-4-9-23-53)35-20-36-66(80)54-24-10-5-11-25-54/h4-52H,1-3H3/i16D,17D,34D,39D. The van der Waals surface area contributed by atoms with Crippen LogP contribution in [0.5, 0.6) is 0 Å². The van der Waals surface area contributed by atoms with Crippen molar-refractivity contribution in [1.82, 2.24) is 4.57 Å². The molecule has 2 aliphatic heterocycles. The van der Waals surface area contributed by atoms with Crippen LogP contribution in [-0.2, 0) is 5.41 Å². The van der Waals surface area contributed by atoms with Gasteiger partial charge in [0.15, 0.2) is 0 Å². The zero-order chi connectivity index (χ0) is 62.7. The van der Waals surface area contributed by atoms with E-state index in [9.17, 15) is 5.48 Å². The highest BCUT2D eigenvalue weighted by molar-refractivity contribution is 7.00. The number of hydrogen-bond acceptors (Lipinski definition) is 2. The Hall–Kier alpha value is -10.8. The van der Waals surface area contributed by atoms with E-state index in [2.05, 4.69) is 235 Å². The molecule has 0 spiro atoms. The van der Waals surface area contributed by atoms with Crippen LogP contribution in [-0.4, -0.2) is 11.3 Å². The predicted octanol–water partition coefficient (Wildman–Crippen LogP) is 20.4. The van der Waals surface area contributed by atoms with E-state index in [1.54, 1.807) is 24.3 Å². The maximum absolute atomic E-state index is 15.7. The fourth-order valence-corrected chi connectivity index (χ4v) is 13.7. The molecular formula is C82H58BF2N3. The Morgan fingerprint density at radius 1 is 0.352 bits per heavy atom. The van der Waals surface area contributed by atoms with Gasteiger partial charge < -0.3 is 14.4 Å². The first-order valence-electron chi connectivity index (χ1n) is 31.9. The Bertz CT molecular complexity index is 4940. The number of aromatic nitrogens is 1. The first-order chi connectivity index (χ1) is 44.8. The number of para-hydroxylation sites is 3. The first kappa shape index (κ1) is 48.4. The van der Waals surface area contributed by atoms with Gasteiger partial charge in [-0.15, -0.1) is 0 Å². The van der Waals surface area contributed by atoms with E-state index in [0.717, 1.165) is 128 Å². The number of benzene rings is 13. The number of hydrogen-bond donors (Lipinski definition) is 0. The molecule has 0 fully saturated rings. The molecule has 0 N–H and O–H groups in total. The third-order valence-corrected chi connectivity index (χ3v) is 17.7. The van der Waals surface area contributed by atoms with Crippen molar-refractivity contribution < 1.29 is 14.3 Å². The summed E-state index contributed by atoms with van der Waals surface area (Å²) in [5.74, 6) is -0.693. The van der Waals surface area contributed by atoms with Crippen LogP contribution >= 0.6 is 0 Å². The molecule has 16 rings (SSSR count). The van der Waals surface area contributed by atoms with Gasteiger partial charge in [-0.05, 0) is 139 Å². The molecule has 0 unspecified atom stereocenters. The second kappa shape index (κ2) is 21.0. The van der Waals surface area contributed by atoms with Gasteiger partial charge in [0, 0.05) is 55.8 Å². The van der Waals surface area contributed by atoms with Gasteiger partial charge in [-0.2, -0.15) is 0 Å². The van der Waals surface area contributed by atoms with Gasteiger partial charge in [0.25, 0.3) is 6.71 Å². The average molecular weight is 1140 g/mol. The quantitative estimate of drug-likeness (QED) is 0.133. The highest BCUT2D eigenvalue weighted by Gasteiger charge is 2.46. The molecule has 418 valence electrons. The molecule has 0 bridgehead atoms. The second-order valence-electron chi connectivity index (χ2n) is 24.0. The molecule has 3 heterocycles. The minimum Gasteiger partial charge on any atom is -0.310 e. The number of anilines is 6. The van der Waals surface area contributed by atoms with Crippen molar-refractivity contribution in [2.24, 2.45) is 0 Å². The molecule has 0 saturated carbocycles. The number of halogens is 2. The van der Waals surface area contributed by atoms with Crippen LogP contribution in [0.15, 0.2) is 297 Å². The topological polar surface area (TPSA) is 11.4 Å². The van der Waals surface area contributed by atoms with Gasteiger partial charge in [-0.1, -0.05) is 251 Å². The molecular weight excluding hydrogens is 1080 g/mol. The molecule has 0 aliphatic carbocycles. The molecule has 0 amide bonds. The molecule has 0 atom stereocenters. The van der Waals surface area contributed by atoms with E-state index in [4.69, 9.17) is 0 Å². The summed E-state index contributed by atoms with van der Waals surface area (Å²) in [4.78, 5) is 4.83. The normalized spacial score (nSPS) is 13.2. The Kier molecular flexibility index (Phi) is 11.6. The van der Waals surface area contributed by atoms with Crippen LogP contribution in [0.3, 0.4) is 0 Å². The van der Waals surface area contributed by atoms with E-state index < -0.39 is 6.71 Å². The third-order valence-electron chi connectivity index (χ3n) is 17.7. The molecule has 2 aliphatic rings. The molecule has 3 nitrogen and oxygen atoms in total. The third kappa shape index (κ3) is 8.77. The van der Waals surface area contributed by atoms with Gasteiger partial charge in [0.2, 0.25) is 0 Å². The van der Waals surface area contributed by atoms with Crippen molar-refractivity contribution in [2.45, 2.75) is 26.2 Å². The Balaban J connectivity index is 1.14. The van der Waals surface area contributed by atoms with Gasteiger partial charge in [-0.25, -0.2) is 8.78 Å². The summed E-state index contributed by atoms with van der Waals surface area (Å²) in [6, 6.07) is 91.2. The van der Waals surface area contributed by atoms with E-state index in [0.29, 0.717) is 22.0 Å². The molecule has 0 saturated heterocycles. The maximum Gasteiger partial charge on any atom is 0.252 e. The van der Waals surface area contributed by atoms with Gasteiger partial charge in [-0.3, -0.25) is 0 Å². The fraction of sp³-hybridized carbons (Fsp3) is 0.0488. The van der Waals surface area contributed by atoms with Crippen molar-refractivity contribution in [3.05, 3.63) is 314 Å². The second-order valence-corrected chi connectivity index (χ2v) is 24.0. The van der Waals surface area contributed by atoms with Gasteiger partial charge in [0.05, 0.1) is 33.6 Å². The minimum absolute atomic E-state index is 0.113. The lowest BCUT2D eigenvalue weighted by Gasteiger charge is -2.46. The summed E-state index contributed by atoms with van der Waals surface area (Å²) in [7, 11) is 0. The van der Waals surface area contributed by atoms with Gasteiger partial charge >= 0.3 is 0 Å². The lowest BCUT2D eigenvalue weighted by Crippen LogP contribution is -2.61. The van der Waals surface area contributed by atoms with E-state index >= 15 is 8.78 Å². The fourth-order valence-electron chi connectivity index (χ4n) is 13.7. The Labute approximate surface area is 518 Å². The van der Waals surface area contributed by atoms with Crippen LogP contribution in [0, 0.1) is 11.6 Å². The van der Waals surface area contributed by atoms with Crippen LogP contribution < -0.4 is 26.2 Å². The van der Waals surface area contributed by atoms with Crippen molar-refractivity contribution in [3.8, 4) is 72.4 Å². The largest absolute Gasteiger partial charge is 0.310 e. The zero-order valence-corrected chi connectivity index (χ0v) is 48.7. The monoisotopic (exact) mass is 1140 g/mol. The SMILES string of the molecule is [2H]c1c([2H])c([2H])c2c(c1[2H])c1cc(C(C)(C)C)ccc1n2-c1cc2c3c(c1)N(c1c(-c4ccccc4)cccc1-c1ccccc1)c1ccc(-c4cccc(F)c4)cc1B3c1cc(-c3cccc(F)c3)ccc1N2c1c(-c2ccccc2)cccc1-c1ccccc1. The summed E-state index contributed by atoms with van der Waals surface area (Å²) < 4.78 is 71.8. The summed E-state index contributed by atoms with van der Waals surface area (Å²) in [6.45, 7) is 5.93. The van der Waals surface area contributed by atoms with Crippen LogP contribution in [0.1, 0.15) is 31.8 Å². The van der Waals surface area contributed by atoms with Crippen LogP contribution in [0.4, 0.5) is 42.9 Å². The van der Waals surface area contributed by atoms with Crippen molar-refractivity contribution in [3.63, 3.8) is 0 Å². The van der Waals surface area contributed by atoms with Gasteiger partial charge in [0.1, 0.15) is 11.6 Å². The molecule has 14 aromatic rings. The van der Waals surface area contributed by atoms with E-state index in [-0.39, 0.29) is 41.2 Å². The highest BCUT2D eigenvalue weighted by atomic mass is 19.1. The summed E-state index contributed by atoms with van der Waals surface area (Å²) in [6.07, 6.45) is 0. The molecule has 1 aromatic heterocycles. The maximum atomic E-state index is 15.7. The molecule has 0 radical (unpaired) electrons. The first-order valence-corrected chi connectivity index (χ1v) is 29.9.